The molecule has 0 aliphatic rings. The Kier molecular flexibility index (Phi) is 3.37. The Hall–Kier alpha value is -2.18. The minimum atomic E-state index is -4.33. The number of anilines is 2. The monoisotopic (exact) mass is 270 g/mol. The number of aryl methyl sites for hydroxylation is 1. The molecule has 0 aliphatic carbocycles. The normalized spacial score (nSPS) is 11.6. The van der Waals surface area contributed by atoms with Crippen molar-refractivity contribution in [1.29, 1.82) is 0 Å². The predicted octanol–water partition coefficient (Wildman–Crippen LogP) is 2.63. The quantitative estimate of drug-likeness (QED) is 0.901. The second-order valence-corrected chi connectivity index (χ2v) is 4.16. The van der Waals surface area contributed by atoms with E-state index >= 15 is 0 Å². The van der Waals surface area contributed by atoms with Crippen LogP contribution in [-0.2, 0) is 19.8 Å². The van der Waals surface area contributed by atoms with Crippen LogP contribution in [-0.4, -0.2) is 9.78 Å². The lowest BCUT2D eigenvalue weighted by molar-refractivity contribution is -0.137. The summed E-state index contributed by atoms with van der Waals surface area (Å²) in [6, 6.07) is 5.13. The summed E-state index contributed by atoms with van der Waals surface area (Å²) in [5.74, 6) is 0.458. The van der Waals surface area contributed by atoms with Gasteiger partial charge in [-0.25, -0.2) is 0 Å². The number of aromatic nitrogens is 2. The summed E-state index contributed by atoms with van der Waals surface area (Å²) < 4.78 is 39.2. The van der Waals surface area contributed by atoms with Crippen LogP contribution in [0.3, 0.4) is 0 Å². The Labute approximate surface area is 108 Å². The molecule has 0 amide bonds. The summed E-state index contributed by atoms with van der Waals surface area (Å²) in [5, 5.41) is 6.96. The Bertz CT molecular complexity index is 575. The number of nitrogens with two attached hydrogens (primary N) is 1. The Morgan fingerprint density at radius 2 is 2.11 bits per heavy atom. The Morgan fingerprint density at radius 1 is 1.37 bits per heavy atom. The first-order chi connectivity index (χ1) is 8.86. The first-order valence-electron chi connectivity index (χ1n) is 5.55. The minimum Gasteiger partial charge on any atom is -0.394 e. The van der Waals surface area contributed by atoms with Gasteiger partial charge in [0.1, 0.15) is 0 Å². The van der Waals surface area contributed by atoms with Crippen molar-refractivity contribution in [2.75, 3.05) is 11.1 Å². The van der Waals surface area contributed by atoms with Crippen molar-refractivity contribution in [3.63, 3.8) is 0 Å². The SMILES string of the molecule is Cn1cc(N)c(NCc2cccc(C(F)(F)F)c2)n1. The second-order valence-electron chi connectivity index (χ2n) is 4.16. The number of benzene rings is 1. The molecule has 0 fully saturated rings. The molecule has 19 heavy (non-hydrogen) atoms. The molecule has 0 aliphatic heterocycles. The van der Waals surface area contributed by atoms with Crippen LogP contribution in [0, 0.1) is 0 Å². The van der Waals surface area contributed by atoms with Crippen LogP contribution in [0.5, 0.6) is 0 Å². The topological polar surface area (TPSA) is 55.9 Å². The molecule has 4 nitrogen and oxygen atoms in total. The van der Waals surface area contributed by atoms with Gasteiger partial charge in [-0.15, -0.1) is 0 Å². The predicted molar refractivity (Wildman–Crippen MR) is 66.4 cm³/mol. The average Bonchev–Trinajstić information content (AvgIpc) is 2.64. The summed E-state index contributed by atoms with van der Waals surface area (Å²) >= 11 is 0. The van der Waals surface area contributed by atoms with Gasteiger partial charge in [-0.2, -0.15) is 18.3 Å². The van der Waals surface area contributed by atoms with Crippen LogP contribution in [0.15, 0.2) is 30.5 Å². The maximum absolute atomic E-state index is 12.5. The molecule has 0 radical (unpaired) electrons. The van der Waals surface area contributed by atoms with Gasteiger partial charge < -0.3 is 11.1 Å². The maximum atomic E-state index is 12.5. The standard InChI is InChI=1S/C12H13F3N4/c1-19-7-10(16)11(18-19)17-6-8-3-2-4-9(5-8)12(13,14)15/h2-5,7H,6,16H2,1H3,(H,17,18). The number of nitrogens with zero attached hydrogens (tertiary/aromatic N) is 2. The minimum absolute atomic E-state index is 0.227. The number of hydrogen-bond acceptors (Lipinski definition) is 3. The maximum Gasteiger partial charge on any atom is 0.416 e. The molecular weight excluding hydrogens is 257 g/mol. The van der Waals surface area contributed by atoms with Crippen molar-refractivity contribution in [1.82, 2.24) is 9.78 Å². The van der Waals surface area contributed by atoms with Crippen LogP contribution < -0.4 is 11.1 Å². The lowest BCUT2D eigenvalue weighted by Crippen LogP contribution is -2.07. The fourth-order valence-corrected chi connectivity index (χ4v) is 1.69. The molecule has 0 saturated carbocycles. The Morgan fingerprint density at radius 3 is 2.68 bits per heavy atom. The van der Waals surface area contributed by atoms with Crippen LogP contribution in [0.4, 0.5) is 24.7 Å². The van der Waals surface area contributed by atoms with Gasteiger partial charge in [-0.3, -0.25) is 4.68 Å². The zero-order valence-electron chi connectivity index (χ0n) is 10.2. The smallest absolute Gasteiger partial charge is 0.394 e. The van der Waals surface area contributed by atoms with Crippen molar-refractivity contribution in [3.05, 3.63) is 41.6 Å². The summed E-state index contributed by atoms with van der Waals surface area (Å²) in [4.78, 5) is 0. The van der Waals surface area contributed by atoms with Gasteiger partial charge in [-0.05, 0) is 17.7 Å². The molecule has 7 heteroatoms. The highest BCUT2D eigenvalue weighted by molar-refractivity contribution is 5.59. The molecule has 1 aromatic heterocycles. The highest BCUT2D eigenvalue weighted by Crippen LogP contribution is 2.29. The second kappa shape index (κ2) is 4.83. The van der Waals surface area contributed by atoms with E-state index in [4.69, 9.17) is 5.73 Å². The van der Waals surface area contributed by atoms with E-state index < -0.39 is 11.7 Å². The highest BCUT2D eigenvalue weighted by Gasteiger charge is 2.30. The molecule has 2 rings (SSSR count). The van der Waals surface area contributed by atoms with Crippen molar-refractivity contribution >= 4 is 11.5 Å². The van der Waals surface area contributed by atoms with Crippen LogP contribution >= 0.6 is 0 Å². The number of rotatable bonds is 3. The largest absolute Gasteiger partial charge is 0.416 e. The molecule has 102 valence electrons. The van der Waals surface area contributed by atoms with Gasteiger partial charge in [0, 0.05) is 19.8 Å². The zero-order chi connectivity index (χ0) is 14.0. The third kappa shape index (κ3) is 3.18. The van der Waals surface area contributed by atoms with Gasteiger partial charge in [-0.1, -0.05) is 12.1 Å². The van der Waals surface area contributed by atoms with E-state index in [2.05, 4.69) is 10.4 Å². The number of nitrogen functional groups attached to an aromatic ring is 1. The van der Waals surface area contributed by atoms with E-state index in [1.807, 2.05) is 0 Å². The van der Waals surface area contributed by atoms with E-state index in [0.717, 1.165) is 12.1 Å². The van der Waals surface area contributed by atoms with Crippen molar-refractivity contribution in [3.8, 4) is 0 Å². The number of alkyl halides is 3. The third-order valence-corrected chi connectivity index (χ3v) is 2.57. The molecule has 0 bridgehead atoms. The van der Waals surface area contributed by atoms with Gasteiger partial charge in [0.15, 0.2) is 5.82 Å². The molecule has 0 unspecified atom stereocenters. The summed E-state index contributed by atoms with van der Waals surface area (Å²) in [6.07, 6.45) is -2.71. The van der Waals surface area contributed by atoms with Crippen LogP contribution in [0.25, 0.3) is 0 Å². The van der Waals surface area contributed by atoms with Crippen molar-refractivity contribution < 1.29 is 13.2 Å². The molecular formula is C12H13F3N4. The Balaban J connectivity index is 2.10. The summed E-state index contributed by atoms with van der Waals surface area (Å²) in [6.45, 7) is 0.227. The number of nitrogens with one attached hydrogen (secondary N) is 1. The first kappa shape index (κ1) is 13.3. The van der Waals surface area contributed by atoms with Crippen LogP contribution in [0.1, 0.15) is 11.1 Å². The molecule has 0 spiro atoms. The van der Waals surface area contributed by atoms with Crippen molar-refractivity contribution in [2.45, 2.75) is 12.7 Å². The van der Waals surface area contributed by atoms with Crippen molar-refractivity contribution in [2.24, 2.45) is 7.05 Å². The first-order valence-corrected chi connectivity index (χ1v) is 5.55. The van der Waals surface area contributed by atoms with Gasteiger partial charge in [0.05, 0.1) is 11.3 Å². The van der Waals surface area contributed by atoms with E-state index in [9.17, 15) is 13.2 Å². The van der Waals surface area contributed by atoms with Gasteiger partial charge >= 0.3 is 6.18 Å². The third-order valence-electron chi connectivity index (χ3n) is 2.57. The molecule has 0 saturated heterocycles. The molecule has 3 N–H and O–H groups in total. The van der Waals surface area contributed by atoms with Crippen LogP contribution in [0.2, 0.25) is 0 Å². The molecule has 1 aromatic carbocycles. The van der Waals surface area contributed by atoms with E-state index in [-0.39, 0.29) is 6.54 Å². The fraction of sp³-hybridized carbons (Fsp3) is 0.250. The van der Waals surface area contributed by atoms with Gasteiger partial charge in [0.25, 0.3) is 0 Å². The molecule has 1 heterocycles. The number of hydrogen-bond donors (Lipinski definition) is 2. The lowest BCUT2D eigenvalue weighted by Gasteiger charge is -2.09. The molecule has 0 atom stereocenters. The highest BCUT2D eigenvalue weighted by atomic mass is 19.4. The summed E-state index contributed by atoms with van der Waals surface area (Å²) in [5.41, 5.74) is 5.98. The molecule has 2 aromatic rings. The van der Waals surface area contributed by atoms with Gasteiger partial charge in [0.2, 0.25) is 0 Å². The van der Waals surface area contributed by atoms with E-state index in [1.165, 1.54) is 10.7 Å². The van der Waals surface area contributed by atoms with E-state index in [1.54, 1.807) is 19.3 Å². The lowest BCUT2D eigenvalue weighted by atomic mass is 10.1. The fourth-order valence-electron chi connectivity index (χ4n) is 1.69. The average molecular weight is 270 g/mol. The number of halogens is 3. The summed E-state index contributed by atoms with van der Waals surface area (Å²) in [7, 11) is 1.71. The van der Waals surface area contributed by atoms with E-state index in [0.29, 0.717) is 17.1 Å². The zero-order valence-corrected chi connectivity index (χ0v) is 10.2.